The van der Waals surface area contributed by atoms with Crippen molar-refractivity contribution >= 4 is 35.0 Å². The van der Waals surface area contributed by atoms with Gasteiger partial charge in [0.05, 0.1) is 13.2 Å². The summed E-state index contributed by atoms with van der Waals surface area (Å²) in [7, 11) is 0. The number of ether oxygens (including phenoxy) is 1. The Hall–Kier alpha value is -3.10. The zero-order chi connectivity index (χ0) is 20.1. The van der Waals surface area contributed by atoms with Gasteiger partial charge in [0.25, 0.3) is 0 Å². The summed E-state index contributed by atoms with van der Waals surface area (Å²) in [4.78, 5) is 23.4. The second-order valence-corrected chi connectivity index (χ2v) is 7.58. The summed E-state index contributed by atoms with van der Waals surface area (Å²) < 4.78 is 5.40. The Balaban J connectivity index is 1.43. The van der Waals surface area contributed by atoms with Crippen LogP contribution in [0.1, 0.15) is 10.4 Å². The molecule has 2 heterocycles. The predicted molar refractivity (Wildman–Crippen MR) is 114 cm³/mol. The fraction of sp³-hybridized carbons (Fsp3) is 0.190. The van der Waals surface area contributed by atoms with Gasteiger partial charge in [-0.25, -0.2) is 9.97 Å². The number of anilines is 3. The third-order valence-corrected chi connectivity index (χ3v) is 5.40. The molecular weight excluding hydrogens is 386 g/mol. The molecule has 1 amide bonds. The minimum atomic E-state index is -0.446. The quantitative estimate of drug-likeness (QED) is 0.606. The number of nitrogens with two attached hydrogens (primary N) is 1. The lowest BCUT2D eigenvalue weighted by molar-refractivity contribution is 0.1000. The van der Waals surface area contributed by atoms with Gasteiger partial charge in [-0.3, -0.25) is 4.79 Å². The third kappa shape index (κ3) is 5.04. The maximum Gasteiger partial charge on any atom is 0.248 e. The van der Waals surface area contributed by atoms with Crippen LogP contribution in [0.5, 0.6) is 0 Å². The fourth-order valence-electron chi connectivity index (χ4n) is 3.00. The van der Waals surface area contributed by atoms with Crippen LogP contribution in [0, 0.1) is 0 Å². The number of carbonyl (C=O) groups excluding carboxylic acids is 1. The summed E-state index contributed by atoms with van der Waals surface area (Å²) in [5, 5.41) is 4.01. The minimum absolute atomic E-state index is 0.446. The second kappa shape index (κ2) is 8.93. The number of nitrogens with one attached hydrogen (secondary N) is 1. The first-order valence-electron chi connectivity index (χ1n) is 9.28. The average Bonchev–Trinajstić information content (AvgIpc) is 2.75. The van der Waals surface area contributed by atoms with Gasteiger partial charge in [0.2, 0.25) is 11.9 Å². The molecule has 3 N–H and O–H groups in total. The molecule has 7 nitrogen and oxygen atoms in total. The number of hydrogen-bond donors (Lipinski definition) is 2. The van der Waals surface area contributed by atoms with Gasteiger partial charge in [-0.05, 0) is 48.5 Å². The van der Waals surface area contributed by atoms with Crippen molar-refractivity contribution in [3.63, 3.8) is 0 Å². The summed E-state index contributed by atoms with van der Waals surface area (Å²) in [6.07, 6.45) is 1.71. The van der Waals surface area contributed by atoms with Crippen molar-refractivity contribution in [2.24, 2.45) is 5.73 Å². The van der Waals surface area contributed by atoms with E-state index in [-0.39, 0.29) is 0 Å². The van der Waals surface area contributed by atoms with Gasteiger partial charge in [0.1, 0.15) is 5.03 Å². The van der Waals surface area contributed by atoms with Gasteiger partial charge >= 0.3 is 0 Å². The van der Waals surface area contributed by atoms with Crippen molar-refractivity contribution in [1.29, 1.82) is 0 Å². The third-order valence-electron chi connectivity index (χ3n) is 4.47. The van der Waals surface area contributed by atoms with Crippen LogP contribution in [0.2, 0.25) is 0 Å². The normalized spacial score (nSPS) is 13.9. The van der Waals surface area contributed by atoms with Gasteiger partial charge in [0.15, 0.2) is 0 Å². The molecule has 0 spiro atoms. The van der Waals surface area contributed by atoms with E-state index in [0.717, 1.165) is 41.9 Å². The number of hydrogen-bond acceptors (Lipinski definition) is 7. The lowest BCUT2D eigenvalue weighted by Crippen LogP contribution is -2.36. The van der Waals surface area contributed by atoms with Gasteiger partial charge in [-0.1, -0.05) is 17.8 Å². The number of nitrogens with zero attached hydrogens (tertiary/aromatic N) is 3. The summed E-state index contributed by atoms with van der Waals surface area (Å²) in [6, 6.07) is 17.2. The molecule has 1 aromatic heterocycles. The Morgan fingerprint density at radius 3 is 2.66 bits per heavy atom. The Morgan fingerprint density at radius 2 is 1.90 bits per heavy atom. The van der Waals surface area contributed by atoms with Crippen molar-refractivity contribution in [2.45, 2.75) is 9.92 Å². The largest absolute Gasteiger partial charge is 0.378 e. The monoisotopic (exact) mass is 407 g/mol. The molecule has 0 radical (unpaired) electrons. The molecule has 148 valence electrons. The van der Waals surface area contributed by atoms with Crippen LogP contribution in [0.25, 0.3) is 0 Å². The maximum atomic E-state index is 11.4. The SMILES string of the molecule is NC(=O)c1cccc(Sc2ccnc(Nc3ccc(N4CCOCC4)cc3)n2)c1. The highest BCUT2D eigenvalue weighted by atomic mass is 32.2. The van der Waals surface area contributed by atoms with Crippen molar-refractivity contribution < 1.29 is 9.53 Å². The van der Waals surface area contributed by atoms with Crippen LogP contribution in [0.15, 0.2) is 70.7 Å². The van der Waals surface area contributed by atoms with Crippen LogP contribution >= 0.6 is 11.8 Å². The van der Waals surface area contributed by atoms with Crippen LogP contribution in [-0.4, -0.2) is 42.2 Å². The molecule has 8 heteroatoms. The van der Waals surface area contributed by atoms with E-state index in [0.29, 0.717) is 11.5 Å². The van der Waals surface area contributed by atoms with E-state index in [1.807, 2.05) is 24.3 Å². The minimum Gasteiger partial charge on any atom is -0.378 e. The predicted octanol–water partition coefficient (Wildman–Crippen LogP) is 3.31. The van der Waals surface area contributed by atoms with Gasteiger partial charge < -0.3 is 20.7 Å². The first-order chi connectivity index (χ1) is 14.2. The molecule has 1 saturated heterocycles. The highest BCUT2D eigenvalue weighted by Gasteiger charge is 2.11. The molecule has 0 unspecified atom stereocenters. The van der Waals surface area contributed by atoms with Gasteiger partial charge in [0, 0.05) is 41.1 Å². The van der Waals surface area contributed by atoms with E-state index < -0.39 is 5.91 Å². The first-order valence-corrected chi connectivity index (χ1v) is 10.1. The van der Waals surface area contributed by atoms with Crippen LogP contribution in [-0.2, 0) is 4.74 Å². The van der Waals surface area contributed by atoms with E-state index >= 15 is 0 Å². The Bertz CT molecular complexity index is 990. The molecule has 0 aliphatic carbocycles. The zero-order valence-corrected chi connectivity index (χ0v) is 16.6. The topological polar surface area (TPSA) is 93.4 Å². The van der Waals surface area contributed by atoms with E-state index in [1.165, 1.54) is 17.4 Å². The van der Waals surface area contributed by atoms with E-state index in [9.17, 15) is 4.79 Å². The molecular formula is C21H21N5O2S. The van der Waals surface area contributed by atoms with Crippen LogP contribution in [0.3, 0.4) is 0 Å². The molecule has 2 aromatic carbocycles. The smallest absolute Gasteiger partial charge is 0.248 e. The highest BCUT2D eigenvalue weighted by Crippen LogP contribution is 2.28. The number of benzene rings is 2. The summed E-state index contributed by atoms with van der Waals surface area (Å²) in [5.41, 5.74) is 7.92. The zero-order valence-electron chi connectivity index (χ0n) is 15.7. The molecule has 1 aliphatic heterocycles. The highest BCUT2D eigenvalue weighted by molar-refractivity contribution is 7.99. The number of primary amides is 1. The Kier molecular flexibility index (Phi) is 5.92. The maximum absolute atomic E-state index is 11.4. The Morgan fingerprint density at radius 1 is 1.10 bits per heavy atom. The number of rotatable bonds is 6. The summed E-state index contributed by atoms with van der Waals surface area (Å²) >= 11 is 1.45. The van der Waals surface area contributed by atoms with E-state index in [1.54, 1.807) is 24.4 Å². The first kappa shape index (κ1) is 19.2. The molecule has 0 atom stereocenters. The van der Waals surface area contributed by atoms with Crippen LogP contribution in [0.4, 0.5) is 17.3 Å². The summed E-state index contributed by atoms with van der Waals surface area (Å²) in [5.74, 6) is 0.0678. The lowest BCUT2D eigenvalue weighted by Gasteiger charge is -2.28. The average molecular weight is 407 g/mol. The number of morpholine rings is 1. The molecule has 29 heavy (non-hydrogen) atoms. The van der Waals surface area contributed by atoms with Crippen molar-refractivity contribution in [3.8, 4) is 0 Å². The number of carbonyl (C=O) groups is 1. The Labute approximate surface area is 173 Å². The lowest BCUT2D eigenvalue weighted by atomic mass is 10.2. The van der Waals surface area contributed by atoms with Gasteiger partial charge in [-0.15, -0.1) is 0 Å². The van der Waals surface area contributed by atoms with Crippen molar-refractivity contribution in [3.05, 3.63) is 66.4 Å². The van der Waals surface area contributed by atoms with E-state index in [2.05, 4.69) is 32.3 Å². The van der Waals surface area contributed by atoms with Crippen molar-refractivity contribution in [2.75, 3.05) is 36.5 Å². The molecule has 0 saturated carbocycles. The van der Waals surface area contributed by atoms with Crippen LogP contribution < -0.4 is 16.0 Å². The molecule has 0 bridgehead atoms. The molecule has 1 fully saturated rings. The molecule has 3 aromatic rings. The number of aromatic nitrogens is 2. The number of amides is 1. The fourth-order valence-corrected chi connectivity index (χ4v) is 3.83. The summed E-state index contributed by atoms with van der Waals surface area (Å²) in [6.45, 7) is 3.35. The standard InChI is InChI=1S/C21H21N5O2S/c22-20(27)15-2-1-3-18(14-15)29-19-8-9-23-21(25-19)24-16-4-6-17(7-5-16)26-10-12-28-13-11-26/h1-9,14H,10-13H2,(H2,22,27)(H,23,24,25). The molecule has 1 aliphatic rings. The van der Waals surface area contributed by atoms with Crippen molar-refractivity contribution in [1.82, 2.24) is 9.97 Å². The molecule has 4 rings (SSSR count). The van der Waals surface area contributed by atoms with E-state index in [4.69, 9.17) is 10.5 Å². The van der Waals surface area contributed by atoms with Gasteiger partial charge in [-0.2, -0.15) is 0 Å². The second-order valence-electron chi connectivity index (χ2n) is 6.48.